The van der Waals surface area contributed by atoms with Gasteiger partial charge in [0.15, 0.2) is 0 Å². The second kappa shape index (κ2) is 6.59. The summed E-state index contributed by atoms with van der Waals surface area (Å²) < 4.78 is 1.66. The number of amides is 1. The highest BCUT2D eigenvalue weighted by Gasteiger charge is 2.13. The third-order valence-corrected chi connectivity index (χ3v) is 3.32. The van der Waals surface area contributed by atoms with Gasteiger partial charge in [-0.15, -0.1) is 0 Å². The zero-order chi connectivity index (χ0) is 14.6. The highest BCUT2D eigenvalue weighted by molar-refractivity contribution is 5.76. The van der Waals surface area contributed by atoms with Crippen LogP contribution in [-0.2, 0) is 11.3 Å². The van der Waals surface area contributed by atoms with Gasteiger partial charge in [0.1, 0.15) is 6.54 Å². The van der Waals surface area contributed by atoms with E-state index in [-0.39, 0.29) is 18.5 Å². The van der Waals surface area contributed by atoms with Gasteiger partial charge in [-0.25, -0.2) is 0 Å². The molecule has 0 aliphatic heterocycles. The molecule has 0 radical (unpaired) electrons. The van der Waals surface area contributed by atoms with Crippen LogP contribution in [0.1, 0.15) is 45.0 Å². The largest absolute Gasteiger partial charge is 0.396 e. The molecule has 5 nitrogen and oxygen atoms in total. The van der Waals surface area contributed by atoms with E-state index in [4.69, 9.17) is 5.73 Å². The van der Waals surface area contributed by atoms with Crippen LogP contribution >= 0.6 is 0 Å². The van der Waals surface area contributed by atoms with Crippen LogP contribution in [0.15, 0.2) is 0 Å². The van der Waals surface area contributed by atoms with Gasteiger partial charge in [-0.1, -0.05) is 13.8 Å². The molecule has 0 bridgehead atoms. The fourth-order valence-electron chi connectivity index (χ4n) is 1.98. The fourth-order valence-corrected chi connectivity index (χ4v) is 1.98. The van der Waals surface area contributed by atoms with Gasteiger partial charge >= 0.3 is 0 Å². The summed E-state index contributed by atoms with van der Waals surface area (Å²) in [6, 6.07) is 0.198. The minimum absolute atomic E-state index is 0.0122. The molecule has 1 unspecified atom stereocenters. The van der Waals surface area contributed by atoms with Crippen LogP contribution < -0.4 is 11.1 Å². The number of aromatic nitrogens is 2. The maximum atomic E-state index is 11.9. The first-order valence-corrected chi connectivity index (χ1v) is 6.90. The van der Waals surface area contributed by atoms with Crippen LogP contribution in [0.2, 0.25) is 0 Å². The summed E-state index contributed by atoms with van der Waals surface area (Å²) in [4.78, 5) is 11.9. The van der Waals surface area contributed by atoms with Crippen LogP contribution in [0.25, 0.3) is 0 Å². The first kappa shape index (κ1) is 15.5. The van der Waals surface area contributed by atoms with Crippen molar-refractivity contribution >= 4 is 11.6 Å². The molecule has 1 amide bonds. The lowest BCUT2D eigenvalue weighted by Gasteiger charge is -2.15. The molecular formula is C14H26N4O. The van der Waals surface area contributed by atoms with E-state index >= 15 is 0 Å². The summed E-state index contributed by atoms with van der Waals surface area (Å²) >= 11 is 0. The lowest BCUT2D eigenvalue weighted by Crippen LogP contribution is -2.35. The summed E-state index contributed by atoms with van der Waals surface area (Å²) in [6.45, 7) is 10.4. The number of aryl methyl sites for hydroxylation is 1. The van der Waals surface area contributed by atoms with Gasteiger partial charge in [0, 0.05) is 6.04 Å². The van der Waals surface area contributed by atoms with Crippen LogP contribution in [0, 0.1) is 19.8 Å². The molecule has 1 aromatic rings. The van der Waals surface area contributed by atoms with Gasteiger partial charge < -0.3 is 11.1 Å². The standard InChI is InChI=1S/C14H26N4O/c1-9(2)6-7-10(3)16-13(19)8-18-12(5)14(15)11(4)17-18/h9-10H,6-8,15H2,1-5H3,(H,16,19). The maximum Gasteiger partial charge on any atom is 0.241 e. The smallest absolute Gasteiger partial charge is 0.241 e. The van der Waals surface area contributed by atoms with Gasteiger partial charge in [0.2, 0.25) is 5.91 Å². The Bertz CT molecular complexity index is 437. The van der Waals surface area contributed by atoms with Crippen molar-refractivity contribution in [2.24, 2.45) is 5.92 Å². The molecule has 0 fully saturated rings. The van der Waals surface area contributed by atoms with E-state index in [1.807, 2.05) is 20.8 Å². The Morgan fingerprint density at radius 2 is 1.95 bits per heavy atom. The molecule has 108 valence electrons. The number of anilines is 1. The fraction of sp³-hybridized carbons (Fsp3) is 0.714. The summed E-state index contributed by atoms with van der Waals surface area (Å²) in [5, 5.41) is 7.26. The van der Waals surface area contributed by atoms with E-state index in [9.17, 15) is 4.79 Å². The Balaban J connectivity index is 2.49. The average Bonchev–Trinajstić information content (AvgIpc) is 2.54. The number of nitrogens with one attached hydrogen (secondary N) is 1. The lowest BCUT2D eigenvalue weighted by atomic mass is 10.0. The molecule has 3 N–H and O–H groups in total. The quantitative estimate of drug-likeness (QED) is 0.827. The minimum atomic E-state index is -0.0122. The SMILES string of the molecule is Cc1nn(CC(=O)NC(C)CCC(C)C)c(C)c1N. The normalized spacial score (nSPS) is 12.7. The van der Waals surface area contributed by atoms with Crippen molar-refractivity contribution in [3.63, 3.8) is 0 Å². The van der Waals surface area contributed by atoms with Crippen molar-refractivity contribution in [1.82, 2.24) is 15.1 Å². The lowest BCUT2D eigenvalue weighted by molar-refractivity contribution is -0.122. The second-order valence-corrected chi connectivity index (χ2v) is 5.68. The van der Waals surface area contributed by atoms with Crippen molar-refractivity contribution < 1.29 is 4.79 Å². The number of carbonyl (C=O) groups excluding carboxylic acids is 1. The molecule has 1 aromatic heterocycles. The van der Waals surface area contributed by atoms with E-state index in [0.717, 1.165) is 24.2 Å². The average molecular weight is 266 g/mol. The molecule has 1 heterocycles. The first-order valence-electron chi connectivity index (χ1n) is 6.90. The third kappa shape index (κ3) is 4.58. The Hall–Kier alpha value is -1.52. The predicted octanol–water partition coefficient (Wildman–Crippen LogP) is 2.02. The van der Waals surface area contributed by atoms with Crippen molar-refractivity contribution in [3.05, 3.63) is 11.4 Å². The van der Waals surface area contributed by atoms with Gasteiger partial charge in [-0.3, -0.25) is 9.48 Å². The Morgan fingerprint density at radius 1 is 1.32 bits per heavy atom. The molecule has 1 rings (SSSR count). The zero-order valence-corrected chi connectivity index (χ0v) is 12.7. The number of nitrogens with zero attached hydrogens (tertiary/aromatic N) is 2. The van der Waals surface area contributed by atoms with Crippen molar-refractivity contribution in [2.75, 3.05) is 5.73 Å². The summed E-state index contributed by atoms with van der Waals surface area (Å²) in [5.74, 6) is 0.650. The molecule has 0 aromatic carbocycles. The summed E-state index contributed by atoms with van der Waals surface area (Å²) in [6.07, 6.45) is 2.12. The molecule has 0 saturated carbocycles. The third-order valence-electron chi connectivity index (χ3n) is 3.32. The highest BCUT2D eigenvalue weighted by Crippen LogP contribution is 2.14. The Morgan fingerprint density at radius 3 is 2.42 bits per heavy atom. The van der Waals surface area contributed by atoms with Crippen molar-refractivity contribution in [1.29, 1.82) is 0 Å². The molecule has 0 saturated heterocycles. The zero-order valence-electron chi connectivity index (χ0n) is 12.7. The van der Waals surface area contributed by atoms with Gasteiger partial charge in [-0.05, 0) is 39.5 Å². The van der Waals surface area contributed by atoms with Crippen LogP contribution in [-0.4, -0.2) is 21.7 Å². The van der Waals surface area contributed by atoms with Gasteiger partial charge in [0.25, 0.3) is 0 Å². The second-order valence-electron chi connectivity index (χ2n) is 5.68. The van der Waals surface area contributed by atoms with Crippen LogP contribution in [0.3, 0.4) is 0 Å². The van der Waals surface area contributed by atoms with E-state index in [0.29, 0.717) is 11.6 Å². The van der Waals surface area contributed by atoms with Crippen molar-refractivity contribution in [3.8, 4) is 0 Å². The number of nitrogen functional groups attached to an aromatic ring is 1. The van der Waals surface area contributed by atoms with Crippen LogP contribution in [0.5, 0.6) is 0 Å². The summed E-state index contributed by atoms with van der Waals surface area (Å²) in [7, 11) is 0. The van der Waals surface area contributed by atoms with E-state index in [2.05, 4.69) is 24.3 Å². The molecule has 0 aliphatic carbocycles. The molecular weight excluding hydrogens is 240 g/mol. The molecule has 0 aliphatic rings. The summed E-state index contributed by atoms with van der Waals surface area (Å²) in [5.41, 5.74) is 8.14. The number of carbonyl (C=O) groups is 1. The minimum Gasteiger partial charge on any atom is -0.396 e. The van der Waals surface area contributed by atoms with Gasteiger partial charge in [0.05, 0.1) is 17.1 Å². The monoisotopic (exact) mass is 266 g/mol. The Kier molecular flexibility index (Phi) is 5.39. The predicted molar refractivity (Wildman–Crippen MR) is 77.8 cm³/mol. The van der Waals surface area contributed by atoms with E-state index in [1.54, 1.807) is 4.68 Å². The number of rotatable bonds is 6. The highest BCUT2D eigenvalue weighted by atomic mass is 16.2. The van der Waals surface area contributed by atoms with Gasteiger partial charge in [-0.2, -0.15) is 5.10 Å². The van der Waals surface area contributed by atoms with E-state index < -0.39 is 0 Å². The molecule has 0 spiro atoms. The van der Waals surface area contributed by atoms with Crippen molar-refractivity contribution in [2.45, 2.75) is 60.0 Å². The van der Waals surface area contributed by atoms with E-state index in [1.165, 1.54) is 0 Å². The maximum absolute atomic E-state index is 11.9. The molecule has 19 heavy (non-hydrogen) atoms. The van der Waals surface area contributed by atoms with Crippen LogP contribution in [0.4, 0.5) is 5.69 Å². The number of hydrogen-bond donors (Lipinski definition) is 2. The Labute approximate surface area is 115 Å². The number of hydrogen-bond acceptors (Lipinski definition) is 3. The number of nitrogens with two attached hydrogens (primary N) is 1. The topological polar surface area (TPSA) is 72.9 Å². The first-order chi connectivity index (χ1) is 8.81. The molecule has 1 atom stereocenters. The molecule has 5 heteroatoms.